The first kappa shape index (κ1) is 21.2. The van der Waals surface area contributed by atoms with Crippen LogP contribution in [0.1, 0.15) is 58.6 Å². The summed E-state index contributed by atoms with van der Waals surface area (Å²) >= 11 is 0. The van der Waals surface area contributed by atoms with Crippen LogP contribution in [0, 0.1) is 0 Å². The second kappa shape index (κ2) is 9.78. The van der Waals surface area contributed by atoms with E-state index < -0.39 is 5.97 Å². The topological polar surface area (TPSA) is 85.1 Å². The molecule has 0 atom stereocenters. The van der Waals surface area contributed by atoms with Gasteiger partial charge in [0, 0.05) is 19.4 Å². The largest absolute Gasteiger partial charge is 0.478 e. The van der Waals surface area contributed by atoms with Crippen LogP contribution >= 0.6 is 0 Å². The van der Waals surface area contributed by atoms with Crippen LogP contribution in [-0.4, -0.2) is 31.6 Å². The van der Waals surface area contributed by atoms with Crippen molar-refractivity contribution >= 4 is 11.8 Å². The van der Waals surface area contributed by atoms with Crippen LogP contribution in [0.3, 0.4) is 0 Å². The molecule has 0 amide bonds. The molecule has 0 aliphatic rings. The van der Waals surface area contributed by atoms with Crippen LogP contribution in [0.15, 0.2) is 61.2 Å². The lowest BCUT2D eigenvalue weighted by Crippen LogP contribution is -2.07. The van der Waals surface area contributed by atoms with Gasteiger partial charge in [0.05, 0.1) is 5.56 Å². The summed E-state index contributed by atoms with van der Waals surface area (Å²) < 4.78 is 1.78. The number of rotatable bonds is 10. The van der Waals surface area contributed by atoms with Crippen LogP contribution in [0.2, 0.25) is 0 Å². The lowest BCUT2D eigenvalue weighted by atomic mass is 9.98. The molecule has 1 heterocycles. The average molecular weight is 403 g/mol. The predicted octanol–water partition coefficient (Wildman–Crippen LogP) is 4.79. The van der Waals surface area contributed by atoms with E-state index in [1.165, 1.54) is 0 Å². The molecule has 0 aliphatic carbocycles. The number of Topliss-reactive ketones (excluding diaryl/α,β-unsaturated/α-hetero) is 1. The molecule has 0 saturated heterocycles. The molecule has 30 heavy (non-hydrogen) atoms. The third kappa shape index (κ3) is 4.89. The SMILES string of the molecule is C=CCCn1nc(C(=O)CCC)nc1Cc1ccc(-c2ccccc2C(=O)O)cc1. The summed E-state index contributed by atoms with van der Waals surface area (Å²) in [6.07, 6.45) is 4.28. The summed E-state index contributed by atoms with van der Waals surface area (Å²) in [5, 5.41) is 13.8. The molecule has 6 nitrogen and oxygen atoms in total. The number of ketones is 1. The summed E-state index contributed by atoms with van der Waals surface area (Å²) in [6.45, 7) is 6.32. The maximum Gasteiger partial charge on any atom is 0.336 e. The molecule has 0 radical (unpaired) electrons. The zero-order valence-electron chi connectivity index (χ0n) is 17.0. The second-order valence-electron chi connectivity index (χ2n) is 7.05. The molecule has 0 saturated carbocycles. The Morgan fingerprint density at radius 2 is 1.87 bits per heavy atom. The number of carboxylic acid groups (broad SMARTS) is 1. The van der Waals surface area contributed by atoms with Gasteiger partial charge in [0.25, 0.3) is 0 Å². The highest BCUT2D eigenvalue weighted by atomic mass is 16.4. The van der Waals surface area contributed by atoms with Crippen molar-refractivity contribution in [1.29, 1.82) is 0 Å². The lowest BCUT2D eigenvalue weighted by molar-refractivity contribution is 0.0697. The van der Waals surface area contributed by atoms with Gasteiger partial charge in [0.2, 0.25) is 11.6 Å². The average Bonchev–Trinajstić information content (AvgIpc) is 3.15. The van der Waals surface area contributed by atoms with Crippen molar-refractivity contribution in [3.63, 3.8) is 0 Å². The Hall–Kier alpha value is -3.54. The van der Waals surface area contributed by atoms with Crippen LogP contribution in [0.4, 0.5) is 0 Å². The minimum atomic E-state index is -0.950. The highest BCUT2D eigenvalue weighted by Gasteiger charge is 2.16. The number of benzene rings is 2. The maximum absolute atomic E-state index is 12.2. The molecule has 154 valence electrons. The van der Waals surface area contributed by atoms with Crippen molar-refractivity contribution in [2.75, 3.05) is 0 Å². The number of carboxylic acids is 1. The van der Waals surface area contributed by atoms with Gasteiger partial charge in [-0.1, -0.05) is 55.5 Å². The Morgan fingerprint density at radius 1 is 1.13 bits per heavy atom. The van der Waals surface area contributed by atoms with Crippen molar-refractivity contribution in [2.45, 2.75) is 39.2 Å². The molecule has 2 aromatic carbocycles. The van der Waals surface area contributed by atoms with E-state index in [4.69, 9.17) is 0 Å². The van der Waals surface area contributed by atoms with Crippen LogP contribution in [0.5, 0.6) is 0 Å². The number of nitrogens with zero attached hydrogens (tertiary/aromatic N) is 3. The highest BCUT2D eigenvalue weighted by Crippen LogP contribution is 2.24. The smallest absolute Gasteiger partial charge is 0.336 e. The van der Waals surface area contributed by atoms with Gasteiger partial charge in [0.15, 0.2) is 0 Å². The van der Waals surface area contributed by atoms with Gasteiger partial charge in [-0.05, 0) is 35.6 Å². The van der Waals surface area contributed by atoms with Gasteiger partial charge in [-0.25, -0.2) is 14.5 Å². The van der Waals surface area contributed by atoms with E-state index in [1.54, 1.807) is 22.9 Å². The van der Waals surface area contributed by atoms with Crippen LogP contribution < -0.4 is 0 Å². The van der Waals surface area contributed by atoms with Crippen molar-refractivity contribution < 1.29 is 14.7 Å². The quantitative estimate of drug-likeness (QED) is 0.388. The Labute approximate surface area is 175 Å². The summed E-state index contributed by atoms with van der Waals surface area (Å²) in [7, 11) is 0. The number of allylic oxidation sites excluding steroid dienone is 1. The van der Waals surface area contributed by atoms with Gasteiger partial charge >= 0.3 is 5.97 Å². The van der Waals surface area contributed by atoms with E-state index >= 15 is 0 Å². The summed E-state index contributed by atoms with van der Waals surface area (Å²) in [4.78, 5) is 28.2. The first-order valence-electron chi connectivity index (χ1n) is 10.0. The number of hydrogen-bond donors (Lipinski definition) is 1. The Morgan fingerprint density at radius 3 is 2.53 bits per heavy atom. The van der Waals surface area contributed by atoms with Gasteiger partial charge in [-0.2, -0.15) is 0 Å². The first-order chi connectivity index (χ1) is 14.5. The number of hydrogen-bond acceptors (Lipinski definition) is 4. The number of aromatic nitrogens is 3. The third-order valence-electron chi connectivity index (χ3n) is 4.80. The highest BCUT2D eigenvalue weighted by molar-refractivity contribution is 5.96. The normalized spacial score (nSPS) is 10.7. The summed E-state index contributed by atoms with van der Waals surface area (Å²) in [5.41, 5.74) is 2.80. The first-order valence-corrected chi connectivity index (χ1v) is 10.0. The van der Waals surface area contributed by atoms with Crippen LogP contribution in [-0.2, 0) is 13.0 Å². The van der Waals surface area contributed by atoms with Gasteiger partial charge < -0.3 is 5.11 Å². The molecule has 0 bridgehead atoms. The van der Waals surface area contributed by atoms with E-state index in [9.17, 15) is 14.7 Å². The molecule has 0 unspecified atom stereocenters. The fraction of sp³-hybridized carbons (Fsp3) is 0.250. The standard InChI is InChI=1S/C24H25N3O3/c1-3-5-15-27-22(25-23(26-27)21(28)8-4-2)16-17-11-13-18(14-12-17)19-9-6-7-10-20(19)24(29)30/h3,6-7,9-14H,1,4-5,8,15-16H2,2H3,(H,29,30). The van der Waals surface area contributed by atoms with Crippen molar-refractivity contribution in [2.24, 2.45) is 0 Å². The van der Waals surface area contributed by atoms with Gasteiger partial charge in [0.1, 0.15) is 5.82 Å². The summed E-state index contributed by atoms with van der Waals surface area (Å²) in [6, 6.07) is 14.7. The summed E-state index contributed by atoms with van der Waals surface area (Å²) in [5.74, 6) is 0.00362. The molecule has 0 fully saturated rings. The Kier molecular flexibility index (Phi) is 6.91. The van der Waals surface area contributed by atoms with E-state index in [2.05, 4.69) is 16.7 Å². The van der Waals surface area contributed by atoms with Crippen LogP contribution in [0.25, 0.3) is 11.1 Å². The Bertz CT molecular complexity index is 1050. The molecular formula is C24H25N3O3. The fourth-order valence-corrected chi connectivity index (χ4v) is 3.26. The van der Waals surface area contributed by atoms with E-state index in [0.29, 0.717) is 24.9 Å². The fourth-order valence-electron chi connectivity index (χ4n) is 3.26. The second-order valence-corrected chi connectivity index (χ2v) is 7.05. The Balaban J connectivity index is 1.85. The molecule has 3 rings (SSSR count). The van der Waals surface area contributed by atoms with E-state index in [0.717, 1.165) is 29.8 Å². The predicted molar refractivity (Wildman–Crippen MR) is 116 cm³/mol. The number of carbonyl (C=O) groups excluding carboxylic acids is 1. The molecule has 1 aromatic heterocycles. The van der Waals surface area contributed by atoms with Gasteiger partial charge in [-0.3, -0.25) is 4.79 Å². The molecule has 0 aliphatic heterocycles. The molecule has 1 N–H and O–H groups in total. The van der Waals surface area contributed by atoms with Gasteiger partial charge in [-0.15, -0.1) is 11.7 Å². The maximum atomic E-state index is 12.2. The third-order valence-corrected chi connectivity index (χ3v) is 4.80. The minimum Gasteiger partial charge on any atom is -0.478 e. The molecular weight excluding hydrogens is 378 g/mol. The van der Waals surface area contributed by atoms with E-state index in [1.807, 2.05) is 43.3 Å². The molecule has 3 aromatic rings. The number of aromatic carboxylic acids is 1. The molecule has 6 heteroatoms. The minimum absolute atomic E-state index is 0.0447. The van der Waals surface area contributed by atoms with Crippen molar-refractivity contribution in [1.82, 2.24) is 14.8 Å². The lowest BCUT2D eigenvalue weighted by Gasteiger charge is -2.08. The van der Waals surface area contributed by atoms with Crippen molar-refractivity contribution in [3.05, 3.63) is 84.0 Å². The molecule has 0 spiro atoms. The van der Waals surface area contributed by atoms with E-state index in [-0.39, 0.29) is 17.2 Å². The zero-order chi connectivity index (χ0) is 21.5. The monoisotopic (exact) mass is 403 g/mol. The number of aryl methyl sites for hydroxylation is 1. The van der Waals surface area contributed by atoms with Crippen molar-refractivity contribution in [3.8, 4) is 11.1 Å². The number of carbonyl (C=O) groups is 2. The zero-order valence-corrected chi connectivity index (χ0v) is 17.0.